The molecule has 23 rings (SSSR count). The minimum absolute atomic E-state index is 0.862. The van der Waals surface area contributed by atoms with E-state index in [1.165, 1.54) is 12.8 Å². The second kappa shape index (κ2) is 25.3. The molecule has 21 unspecified atom stereocenters. The molecule has 95 heavy (non-hydrogen) atoms. The number of piperidine rings is 2. The summed E-state index contributed by atoms with van der Waals surface area (Å²) < 4.78 is 0. The number of fused-ring (bicyclic) bond motifs is 8. The summed E-state index contributed by atoms with van der Waals surface area (Å²) in [7, 11) is 0. The second-order valence-corrected chi connectivity index (χ2v) is 43.1. The molecule has 19 saturated carbocycles. The molecule has 4 bridgehead atoms. The molecule has 23 fully saturated rings. The molecule has 0 spiro atoms. The van der Waals surface area contributed by atoms with Gasteiger partial charge in [0, 0.05) is 54.4 Å². The summed E-state index contributed by atoms with van der Waals surface area (Å²) in [5.74, 6) is 31.7. The Morgan fingerprint density at radius 3 is 0.905 bits per heavy atom. The van der Waals surface area contributed by atoms with Crippen LogP contribution >= 0.6 is 0 Å². The van der Waals surface area contributed by atoms with Gasteiger partial charge in [0.25, 0.3) is 0 Å². The molecule has 0 N–H and O–H groups in total. The first-order chi connectivity index (χ1) is 47.1. The number of hydrogen-bond donors (Lipinski definition) is 0. The molecule has 28 atom stereocenters. The van der Waals surface area contributed by atoms with Crippen molar-refractivity contribution >= 4 is 6.71 Å². The Morgan fingerprint density at radius 1 is 0.179 bits per heavy atom. The lowest BCUT2D eigenvalue weighted by molar-refractivity contribution is -0.159. The fourth-order valence-corrected chi connectivity index (χ4v) is 38.9. The Hall–Kier alpha value is -0.0551. The maximum atomic E-state index is 3.77. The van der Waals surface area contributed by atoms with Crippen molar-refractivity contribution in [1.29, 1.82) is 0 Å². The Morgan fingerprint density at radius 2 is 0.495 bits per heavy atom. The molecule has 0 radical (unpaired) electrons. The SMILES string of the molecule is C1CCC(C2CCC(N3C4CCC(C5CC[C@@H]6C7CCCC8CCCC(C87)[C@@H]7CCCC5C67)CC4B4C5C[C@@H]([C@H]6CCC7[C@H]8CCCC9CCC[C@H](C98)C8CCCC6[C@H]87)CCC5N(C5CCC(C6CCCCC6)CC5)C5CC(N6C7CC8CC(C7)CC6C8)CC3C45)CC2)CC1. The molecule has 0 amide bonds. The maximum absolute atomic E-state index is 3.77. The Kier molecular flexibility index (Phi) is 16.6. The van der Waals surface area contributed by atoms with E-state index >= 15 is 0 Å². The van der Waals surface area contributed by atoms with Crippen LogP contribution < -0.4 is 0 Å². The van der Waals surface area contributed by atoms with Crippen LogP contribution in [0.5, 0.6) is 0 Å². The molecule has 4 aliphatic heterocycles. The van der Waals surface area contributed by atoms with E-state index in [0.29, 0.717) is 0 Å². The van der Waals surface area contributed by atoms with Crippen LogP contribution in [0.1, 0.15) is 340 Å². The first kappa shape index (κ1) is 62.3. The molecule has 0 aromatic carbocycles. The first-order valence-electron chi connectivity index (χ1n) is 46.4. The van der Waals surface area contributed by atoms with E-state index in [4.69, 9.17) is 0 Å². The topological polar surface area (TPSA) is 9.72 Å². The molecule has 0 aromatic rings. The van der Waals surface area contributed by atoms with Gasteiger partial charge in [0.2, 0.25) is 0 Å². The van der Waals surface area contributed by atoms with Gasteiger partial charge in [0.1, 0.15) is 0 Å². The summed E-state index contributed by atoms with van der Waals surface area (Å²) in [6.07, 6.45) is 85.6. The number of hydrogen-bond acceptors (Lipinski definition) is 3. The minimum atomic E-state index is 0.862. The average Bonchev–Trinajstić information content (AvgIpc) is 0.706. The monoisotopic (exact) mass is 1290 g/mol. The van der Waals surface area contributed by atoms with E-state index in [9.17, 15) is 0 Å². The molecule has 4 saturated heterocycles. The van der Waals surface area contributed by atoms with Gasteiger partial charge >= 0.3 is 0 Å². The number of rotatable bonds is 7. The van der Waals surface area contributed by atoms with Gasteiger partial charge in [0.15, 0.2) is 6.71 Å². The van der Waals surface area contributed by atoms with E-state index in [1.807, 2.05) is 0 Å². The molecule has 0 aromatic heterocycles. The van der Waals surface area contributed by atoms with Crippen molar-refractivity contribution in [2.24, 2.45) is 154 Å². The largest absolute Gasteiger partial charge is 0.295 e. The highest BCUT2D eigenvalue weighted by Gasteiger charge is 2.69. The van der Waals surface area contributed by atoms with Gasteiger partial charge in [-0.2, -0.15) is 0 Å². The Bertz CT molecular complexity index is 2450. The average molecular weight is 1290 g/mol. The standard InChI is InChI=1S/C91H144BN3/c1-3-13-56(14-4-1)58-29-35-64(36-30-58)94-83-43-33-62(69-39-41-79-75-23-9-19-60-17-7-21-73(87(60)75)77-27-11-25-71(69)89(77)79)50-81(83)92-82-51-63(70-40-42-80-76-24-10-20-61-18-8-22-74(88(61)76)78-28-12-26-72(70)90(78)80)34-44-84(82)95(65-37-31-59(32-38-65)57-15-5-2-6-16-57)86-53-68(52-85(94)91(86)92)93-66-46-54-45-55(48-66)49-67(93)47-54/h54-91H,1-53H2/t54?,55?,58?,59?,60?,61?,62-,63?,64?,65?,66?,67?,68?,69+,70?,71?,72?,73-,74?,75+,76?,77?,78-,79?,80+,81?,82?,83?,84?,85?,86?,87?,88?,89+,90?,91?/m0/s1. The van der Waals surface area contributed by atoms with Crippen LogP contribution in [0.3, 0.4) is 0 Å². The van der Waals surface area contributed by atoms with Crippen LogP contribution in [-0.4, -0.2) is 75.8 Å². The van der Waals surface area contributed by atoms with Crippen molar-refractivity contribution in [3.05, 3.63) is 0 Å². The predicted molar refractivity (Wildman–Crippen MR) is 392 cm³/mol. The summed E-state index contributed by atoms with van der Waals surface area (Å²) >= 11 is 0. The third-order valence-corrected chi connectivity index (χ3v) is 40.8. The van der Waals surface area contributed by atoms with Gasteiger partial charge < -0.3 is 0 Å². The lowest BCUT2D eigenvalue weighted by Gasteiger charge is -2.72. The predicted octanol–water partition coefficient (Wildman–Crippen LogP) is 22.8. The summed E-state index contributed by atoms with van der Waals surface area (Å²) in [4.78, 5) is 11.0. The van der Waals surface area contributed by atoms with Crippen molar-refractivity contribution in [1.82, 2.24) is 14.7 Å². The quantitative estimate of drug-likeness (QED) is 0.235. The van der Waals surface area contributed by atoms with Gasteiger partial charge in [-0.15, -0.1) is 0 Å². The van der Waals surface area contributed by atoms with Gasteiger partial charge in [-0.3, -0.25) is 14.7 Å². The summed E-state index contributed by atoms with van der Waals surface area (Å²) in [5.41, 5.74) is 0. The van der Waals surface area contributed by atoms with Crippen LogP contribution in [0.4, 0.5) is 0 Å². The van der Waals surface area contributed by atoms with E-state index in [1.54, 1.807) is 327 Å². The fourth-order valence-electron chi connectivity index (χ4n) is 38.9. The van der Waals surface area contributed by atoms with E-state index in [0.717, 1.165) is 232 Å². The molecular formula is C91H144BN3. The molecule has 19 aliphatic carbocycles. The van der Waals surface area contributed by atoms with Crippen LogP contribution in [0, 0.1) is 154 Å². The molecule has 526 valence electrons. The van der Waals surface area contributed by atoms with Crippen molar-refractivity contribution in [2.45, 2.75) is 412 Å². The van der Waals surface area contributed by atoms with Crippen molar-refractivity contribution in [2.75, 3.05) is 0 Å². The van der Waals surface area contributed by atoms with Crippen LogP contribution in [0.2, 0.25) is 17.5 Å². The Balaban J connectivity index is 0.645. The first-order valence-corrected chi connectivity index (χ1v) is 46.4. The molecule has 23 aliphatic rings. The van der Waals surface area contributed by atoms with E-state index < -0.39 is 0 Å². The summed E-state index contributed by atoms with van der Waals surface area (Å²) in [5, 5.41) is 0. The van der Waals surface area contributed by atoms with Gasteiger partial charge in [0.05, 0.1) is 0 Å². The third kappa shape index (κ3) is 10.1. The van der Waals surface area contributed by atoms with E-state index in [-0.39, 0.29) is 0 Å². The third-order valence-electron chi connectivity index (χ3n) is 40.8. The number of nitrogens with zero attached hydrogens (tertiary/aromatic N) is 3. The Labute approximate surface area is 584 Å². The van der Waals surface area contributed by atoms with Crippen molar-refractivity contribution in [3.8, 4) is 0 Å². The molecule has 4 heteroatoms. The highest BCUT2D eigenvalue weighted by Crippen LogP contribution is 2.72. The smallest absolute Gasteiger partial charge is 0.156 e. The minimum Gasteiger partial charge on any atom is -0.295 e. The fraction of sp³-hybridized carbons (Fsp3) is 1.00. The zero-order valence-corrected chi connectivity index (χ0v) is 61.3. The van der Waals surface area contributed by atoms with E-state index in [2.05, 4.69) is 14.7 Å². The normalized spacial score (nSPS) is 57.5. The highest BCUT2D eigenvalue weighted by atomic mass is 15.3. The van der Waals surface area contributed by atoms with Crippen molar-refractivity contribution in [3.63, 3.8) is 0 Å². The molecule has 3 nitrogen and oxygen atoms in total. The molecular weight excluding hydrogens is 1150 g/mol. The zero-order chi connectivity index (χ0) is 61.7. The van der Waals surface area contributed by atoms with Crippen LogP contribution in [0.25, 0.3) is 0 Å². The van der Waals surface area contributed by atoms with Crippen molar-refractivity contribution < 1.29 is 0 Å². The maximum Gasteiger partial charge on any atom is 0.156 e. The second-order valence-electron chi connectivity index (χ2n) is 43.1. The lowest BCUT2D eigenvalue weighted by atomic mass is 9.18. The zero-order valence-electron chi connectivity index (χ0n) is 61.3. The lowest BCUT2D eigenvalue weighted by Crippen LogP contribution is -2.76. The van der Waals surface area contributed by atoms with Gasteiger partial charge in [-0.1, -0.05) is 141 Å². The van der Waals surface area contributed by atoms with Crippen LogP contribution in [-0.2, 0) is 0 Å². The highest BCUT2D eigenvalue weighted by molar-refractivity contribution is 6.65. The van der Waals surface area contributed by atoms with Gasteiger partial charge in [-0.25, -0.2) is 0 Å². The molecule has 4 heterocycles. The van der Waals surface area contributed by atoms with Gasteiger partial charge in [-0.05, 0) is 370 Å². The summed E-state index contributed by atoms with van der Waals surface area (Å²) in [6.45, 7) is 1.03. The van der Waals surface area contributed by atoms with Crippen LogP contribution in [0.15, 0.2) is 0 Å². The summed E-state index contributed by atoms with van der Waals surface area (Å²) in [6, 6.07) is 8.08.